The van der Waals surface area contributed by atoms with Gasteiger partial charge in [-0.25, -0.2) is 4.98 Å². The lowest BCUT2D eigenvalue weighted by atomic mass is 10.1. The number of piperidine rings is 1. The van der Waals surface area contributed by atoms with Gasteiger partial charge in [0.1, 0.15) is 17.1 Å². The van der Waals surface area contributed by atoms with E-state index < -0.39 is 11.7 Å². The molecule has 0 radical (unpaired) electrons. The molecule has 166 valence electrons. The third kappa shape index (κ3) is 5.00. The minimum atomic E-state index is -4.58. The first-order chi connectivity index (χ1) is 14.9. The van der Waals surface area contributed by atoms with Crippen LogP contribution in [0, 0.1) is 0 Å². The van der Waals surface area contributed by atoms with Gasteiger partial charge in [0.2, 0.25) is 11.9 Å². The Kier molecular flexibility index (Phi) is 6.15. The largest absolute Gasteiger partial charge is 0.491 e. The molecule has 0 spiro atoms. The van der Waals surface area contributed by atoms with Crippen molar-refractivity contribution in [2.45, 2.75) is 38.3 Å². The predicted octanol–water partition coefficient (Wildman–Crippen LogP) is 3.99. The average Bonchev–Trinajstić information content (AvgIpc) is 3.22. The van der Waals surface area contributed by atoms with Crippen LogP contribution in [0.15, 0.2) is 24.4 Å². The Morgan fingerprint density at radius 3 is 2.87 bits per heavy atom. The molecule has 4 rings (SSSR count). The number of fused-ring (bicyclic) bond motifs is 1. The number of ether oxygens (including phenoxy) is 1. The van der Waals surface area contributed by atoms with Gasteiger partial charge < -0.3 is 20.3 Å². The molecule has 0 bridgehead atoms. The van der Waals surface area contributed by atoms with Crippen LogP contribution >= 0.6 is 0 Å². The zero-order valence-electron chi connectivity index (χ0n) is 17.0. The van der Waals surface area contributed by atoms with Crippen LogP contribution in [0.1, 0.15) is 36.8 Å². The van der Waals surface area contributed by atoms with Crippen molar-refractivity contribution >= 4 is 23.4 Å². The lowest BCUT2D eigenvalue weighted by molar-refractivity contribution is -0.137. The molecule has 31 heavy (non-hydrogen) atoms. The number of anilines is 3. The van der Waals surface area contributed by atoms with Crippen LogP contribution in [0.4, 0.5) is 30.6 Å². The molecule has 1 amide bonds. The molecule has 2 aromatic rings. The lowest BCUT2D eigenvalue weighted by Crippen LogP contribution is -2.36. The van der Waals surface area contributed by atoms with Gasteiger partial charge in [-0.2, -0.15) is 18.2 Å². The van der Waals surface area contributed by atoms with Crippen molar-refractivity contribution in [1.82, 2.24) is 14.9 Å². The second kappa shape index (κ2) is 8.99. The fraction of sp³-hybridized carbons (Fsp3) is 0.476. The molecule has 10 heteroatoms. The van der Waals surface area contributed by atoms with Gasteiger partial charge in [-0.1, -0.05) is 12.1 Å². The number of halogens is 3. The minimum Gasteiger partial charge on any atom is -0.491 e. The van der Waals surface area contributed by atoms with Crippen molar-refractivity contribution in [2.24, 2.45) is 0 Å². The number of nitrogens with zero attached hydrogens (tertiary/aromatic N) is 3. The summed E-state index contributed by atoms with van der Waals surface area (Å²) >= 11 is 0. The SMILES string of the molecule is O=C1CCCCN1CCCNc1nc(Nc2cccc3c2OCC3)ncc1C(F)(F)F. The zero-order valence-corrected chi connectivity index (χ0v) is 17.0. The topological polar surface area (TPSA) is 79.4 Å². The maximum absolute atomic E-state index is 13.4. The van der Waals surface area contributed by atoms with Crippen LogP contribution < -0.4 is 15.4 Å². The molecule has 3 heterocycles. The second-order valence-corrected chi connectivity index (χ2v) is 7.59. The van der Waals surface area contributed by atoms with Crippen molar-refractivity contribution in [3.8, 4) is 5.75 Å². The minimum absolute atomic E-state index is 0.0469. The number of nitrogens with one attached hydrogen (secondary N) is 2. The summed E-state index contributed by atoms with van der Waals surface area (Å²) in [7, 11) is 0. The van der Waals surface area contributed by atoms with E-state index in [0.717, 1.165) is 31.0 Å². The number of amides is 1. The Bertz CT molecular complexity index is 951. The first-order valence-electron chi connectivity index (χ1n) is 10.4. The Labute approximate surface area is 178 Å². The van der Waals surface area contributed by atoms with Gasteiger partial charge in [-0.15, -0.1) is 0 Å². The summed E-state index contributed by atoms with van der Waals surface area (Å²) in [5.41, 5.74) is 0.716. The van der Waals surface area contributed by atoms with E-state index in [4.69, 9.17) is 4.74 Å². The maximum Gasteiger partial charge on any atom is 0.421 e. The smallest absolute Gasteiger partial charge is 0.421 e. The monoisotopic (exact) mass is 435 g/mol. The average molecular weight is 435 g/mol. The van der Waals surface area contributed by atoms with Crippen LogP contribution in [-0.4, -0.2) is 47.0 Å². The molecule has 0 saturated carbocycles. The molecular formula is C21H24F3N5O2. The Hall–Kier alpha value is -3.04. The fourth-order valence-electron chi connectivity index (χ4n) is 3.79. The van der Waals surface area contributed by atoms with Crippen LogP contribution in [0.25, 0.3) is 0 Å². The van der Waals surface area contributed by atoms with E-state index in [9.17, 15) is 18.0 Å². The highest BCUT2D eigenvalue weighted by Crippen LogP contribution is 2.37. The summed E-state index contributed by atoms with van der Waals surface area (Å²) in [4.78, 5) is 21.5. The van der Waals surface area contributed by atoms with Crippen LogP contribution in [-0.2, 0) is 17.4 Å². The molecule has 1 aromatic heterocycles. The highest BCUT2D eigenvalue weighted by molar-refractivity contribution is 5.76. The van der Waals surface area contributed by atoms with Gasteiger partial charge in [0.15, 0.2) is 0 Å². The van der Waals surface area contributed by atoms with E-state index in [-0.39, 0.29) is 24.2 Å². The molecule has 7 nitrogen and oxygen atoms in total. The molecule has 1 saturated heterocycles. The van der Waals surface area contributed by atoms with Gasteiger partial charge in [-0.05, 0) is 30.9 Å². The lowest BCUT2D eigenvalue weighted by Gasteiger charge is -2.26. The quantitative estimate of drug-likeness (QED) is 0.641. The summed E-state index contributed by atoms with van der Waals surface area (Å²) in [6.07, 6.45) is -0.100. The number of hydrogen-bond donors (Lipinski definition) is 2. The maximum atomic E-state index is 13.4. The normalized spacial score (nSPS) is 16.1. The number of carbonyl (C=O) groups is 1. The van der Waals surface area contributed by atoms with Gasteiger partial charge in [0.25, 0.3) is 0 Å². The predicted molar refractivity (Wildman–Crippen MR) is 109 cm³/mol. The van der Waals surface area contributed by atoms with E-state index >= 15 is 0 Å². The number of alkyl halides is 3. The van der Waals surface area contributed by atoms with Gasteiger partial charge in [0.05, 0.1) is 12.3 Å². The number of rotatable bonds is 7. The highest BCUT2D eigenvalue weighted by atomic mass is 19.4. The summed E-state index contributed by atoms with van der Waals surface area (Å²) in [5.74, 6) is 0.536. The summed E-state index contributed by atoms with van der Waals surface area (Å²) in [5, 5.41) is 5.74. The Morgan fingerprint density at radius 1 is 1.19 bits per heavy atom. The standard InChI is InChI=1S/C21H24F3N5O2/c22-21(23,24)15-13-26-20(27-16-6-3-5-14-8-12-31-18(14)16)28-19(15)25-9-4-11-29-10-2-1-7-17(29)30/h3,5-6,13H,1-2,4,7-12H2,(H2,25,26,27,28). The molecule has 2 N–H and O–H groups in total. The summed E-state index contributed by atoms with van der Waals surface area (Å²) in [6, 6.07) is 5.57. The molecule has 1 fully saturated rings. The van der Waals surface area contributed by atoms with E-state index in [1.807, 2.05) is 12.1 Å². The number of para-hydroxylation sites is 1. The van der Waals surface area contributed by atoms with E-state index in [1.54, 1.807) is 11.0 Å². The fourth-order valence-corrected chi connectivity index (χ4v) is 3.79. The highest BCUT2D eigenvalue weighted by Gasteiger charge is 2.35. The molecule has 1 aromatic carbocycles. The van der Waals surface area contributed by atoms with Gasteiger partial charge >= 0.3 is 6.18 Å². The number of likely N-dealkylation sites (tertiary alicyclic amines) is 1. The number of benzene rings is 1. The third-order valence-corrected chi connectivity index (χ3v) is 5.37. The Balaban J connectivity index is 1.45. The third-order valence-electron chi connectivity index (χ3n) is 5.37. The molecule has 2 aliphatic rings. The molecule has 0 atom stereocenters. The molecular weight excluding hydrogens is 411 g/mol. The summed E-state index contributed by atoms with van der Waals surface area (Å²) < 4.78 is 45.9. The number of aromatic nitrogens is 2. The molecule has 0 aliphatic carbocycles. The second-order valence-electron chi connectivity index (χ2n) is 7.59. The first kappa shape index (κ1) is 21.2. The van der Waals surface area contributed by atoms with Crippen molar-refractivity contribution in [2.75, 3.05) is 36.9 Å². The molecule has 2 aliphatic heterocycles. The molecule has 0 unspecified atom stereocenters. The van der Waals surface area contributed by atoms with E-state index in [0.29, 0.717) is 44.0 Å². The van der Waals surface area contributed by atoms with Crippen LogP contribution in [0.5, 0.6) is 5.75 Å². The number of carbonyl (C=O) groups excluding carboxylic acids is 1. The van der Waals surface area contributed by atoms with Crippen LogP contribution in [0.2, 0.25) is 0 Å². The van der Waals surface area contributed by atoms with Gasteiger partial charge in [-0.3, -0.25) is 4.79 Å². The van der Waals surface area contributed by atoms with Crippen molar-refractivity contribution in [1.29, 1.82) is 0 Å². The summed E-state index contributed by atoms with van der Waals surface area (Å²) in [6.45, 7) is 2.04. The van der Waals surface area contributed by atoms with Gasteiger partial charge in [0, 0.05) is 38.7 Å². The van der Waals surface area contributed by atoms with Crippen molar-refractivity contribution < 1.29 is 22.7 Å². The number of hydrogen-bond acceptors (Lipinski definition) is 6. The van der Waals surface area contributed by atoms with Crippen molar-refractivity contribution in [3.05, 3.63) is 35.5 Å². The zero-order chi connectivity index (χ0) is 21.8. The van der Waals surface area contributed by atoms with Crippen molar-refractivity contribution in [3.63, 3.8) is 0 Å². The first-order valence-corrected chi connectivity index (χ1v) is 10.4. The van der Waals surface area contributed by atoms with Crippen LogP contribution in [0.3, 0.4) is 0 Å². The van der Waals surface area contributed by atoms with E-state index in [2.05, 4.69) is 20.6 Å². The Morgan fingerprint density at radius 2 is 2.06 bits per heavy atom. The van der Waals surface area contributed by atoms with E-state index in [1.165, 1.54) is 0 Å².